The fourth-order valence-electron chi connectivity index (χ4n) is 0.655. The SMILES string of the molecule is CC(=O)SC(C)CNC(=O)CN.O=C(O)C(F)(F)F. The molecular formula is C9H15F3N2O4S. The quantitative estimate of drug-likeness (QED) is 0.692. The summed E-state index contributed by atoms with van der Waals surface area (Å²) in [5, 5.41) is 9.89. The van der Waals surface area contributed by atoms with Crippen LogP contribution in [0.5, 0.6) is 0 Å². The van der Waals surface area contributed by atoms with Crippen LogP contribution in [0.2, 0.25) is 0 Å². The van der Waals surface area contributed by atoms with Crippen molar-refractivity contribution < 1.29 is 32.7 Å². The predicted octanol–water partition coefficient (Wildman–Crippen LogP) is 0.363. The molecule has 0 aromatic rings. The van der Waals surface area contributed by atoms with E-state index >= 15 is 0 Å². The van der Waals surface area contributed by atoms with Gasteiger partial charge in [-0.3, -0.25) is 9.59 Å². The number of thioether (sulfide) groups is 1. The zero-order chi connectivity index (χ0) is 15.6. The summed E-state index contributed by atoms with van der Waals surface area (Å²) in [6.07, 6.45) is -5.08. The molecule has 0 saturated heterocycles. The van der Waals surface area contributed by atoms with Gasteiger partial charge in [-0.05, 0) is 0 Å². The molecule has 0 aliphatic heterocycles. The number of rotatable bonds is 4. The van der Waals surface area contributed by atoms with E-state index in [4.69, 9.17) is 15.6 Å². The lowest BCUT2D eigenvalue weighted by atomic mass is 10.4. The maximum absolute atomic E-state index is 10.7. The van der Waals surface area contributed by atoms with Crippen LogP contribution in [0.4, 0.5) is 13.2 Å². The summed E-state index contributed by atoms with van der Waals surface area (Å²) < 4.78 is 31.7. The Morgan fingerprint density at radius 2 is 1.79 bits per heavy atom. The molecule has 19 heavy (non-hydrogen) atoms. The number of nitrogens with one attached hydrogen (secondary N) is 1. The number of nitrogens with two attached hydrogens (primary N) is 1. The van der Waals surface area contributed by atoms with Gasteiger partial charge in [0.1, 0.15) is 0 Å². The molecule has 1 atom stereocenters. The van der Waals surface area contributed by atoms with Crippen LogP contribution in [0.3, 0.4) is 0 Å². The number of hydrogen-bond donors (Lipinski definition) is 3. The Morgan fingerprint density at radius 3 is 2.05 bits per heavy atom. The smallest absolute Gasteiger partial charge is 0.475 e. The van der Waals surface area contributed by atoms with Gasteiger partial charge in [-0.15, -0.1) is 0 Å². The Kier molecular flexibility index (Phi) is 10.1. The first kappa shape index (κ1) is 20.0. The van der Waals surface area contributed by atoms with E-state index in [1.54, 1.807) is 0 Å². The van der Waals surface area contributed by atoms with Crippen LogP contribution in [0.15, 0.2) is 0 Å². The van der Waals surface area contributed by atoms with Crippen molar-refractivity contribution >= 4 is 28.8 Å². The summed E-state index contributed by atoms with van der Waals surface area (Å²) in [5.41, 5.74) is 5.07. The van der Waals surface area contributed by atoms with Gasteiger partial charge in [0.2, 0.25) is 5.91 Å². The van der Waals surface area contributed by atoms with Crippen LogP contribution in [-0.4, -0.2) is 46.6 Å². The predicted molar refractivity (Wildman–Crippen MR) is 63.5 cm³/mol. The lowest BCUT2D eigenvalue weighted by Crippen LogP contribution is -2.34. The Morgan fingerprint density at radius 1 is 1.37 bits per heavy atom. The van der Waals surface area contributed by atoms with E-state index in [1.165, 1.54) is 18.7 Å². The molecule has 0 radical (unpaired) electrons. The van der Waals surface area contributed by atoms with Crippen LogP contribution >= 0.6 is 11.8 Å². The van der Waals surface area contributed by atoms with Crippen LogP contribution in [-0.2, 0) is 14.4 Å². The first-order chi connectivity index (χ1) is 8.50. The van der Waals surface area contributed by atoms with Crippen LogP contribution in [0, 0.1) is 0 Å². The minimum atomic E-state index is -5.08. The third kappa shape index (κ3) is 14.7. The van der Waals surface area contributed by atoms with Crippen molar-refractivity contribution in [3.63, 3.8) is 0 Å². The third-order valence-corrected chi connectivity index (χ3v) is 2.28. The van der Waals surface area contributed by atoms with E-state index in [0.717, 1.165) is 0 Å². The summed E-state index contributed by atoms with van der Waals surface area (Å²) in [4.78, 5) is 30.2. The van der Waals surface area contributed by atoms with Gasteiger partial charge in [0, 0.05) is 18.7 Å². The van der Waals surface area contributed by atoms with Gasteiger partial charge in [0.15, 0.2) is 5.12 Å². The molecule has 0 bridgehead atoms. The molecule has 10 heteroatoms. The minimum Gasteiger partial charge on any atom is -0.475 e. The van der Waals surface area contributed by atoms with Crippen LogP contribution in [0.25, 0.3) is 0 Å². The maximum atomic E-state index is 10.7. The molecule has 6 nitrogen and oxygen atoms in total. The maximum Gasteiger partial charge on any atom is 0.490 e. The van der Waals surface area contributed by atoms with Gasteiger partial charge in [0.05, 0.1) is 6.54 Å². The number of carboxylic acid groups (broad SMARTS) is 1. The molecule has 0 spiro atoms. The molecule has 0 aromatic carbocycles. The average molecular weight is 304 g/mol. The van der Waals surface area contributed by atoms with Crippen molar-refractivity contribution in [3.05, 3.63) is 0 Å². The molecule has 1 amide bonds. The Balaban J connectivity index is 0. The average Bonchev–Trinajstić information content (AvgIpc) is 2.24. The number of alkyl halides is 3. The van der Waals surface area contributed by atoms with Crippen molar-refractivity contribution in [3.8, 4) is 0 Å². The molecule has 0 aliphatic carbocycles. The first-order valence-corrected chi connectivity index (χ1v) is 5.82. The van der Waals surface area contributed by atoms with Crippen molar-refractivity contribution in [1.82, 2.24) is 5.32 Å². The normalized spacial score (nSPS) is 11.9. The van der Waals surface area contributed by atoms with E-state index in [9.17, 15) is 22.8 Å². The number of carbonyl (C=O) groups is 3. The van der Waals surface area contributed by atoms with Crippen molar-refractivity contribution in [2.24, 2.45) is 5.73 Å². The van der Waals surface area contributed by atoms with E-state index < -0.39 is 12.1 Å². The van der Waals surface area contributed by atoms with Crippen molar-refractivity contribution in [2.75, 3.05) is 13.1 Å². The Labute approximate surface area is 111 Å². The van der Waals surface area contributed by atoms with Gasteiger partial charge < -0.3 is 16.2 Å². The summed E-state index contributed by atoms with van der Waals surface area (Å²) >= 11 is 1.21. The van der Waals surface area contributed by atoms with Crippen LogP contribution < -0.4 is 11.1 Å². The molecule has 0 rings (SSSR count). The zero-order valence-corrected chi connectivity index (χ0v) is 11.1. The van der Waals surface area contributed by atoms with E-state index in [2.05, 4.69) is 5.32 Å². The van der Waals surface area contributed by atoms with Crippen molar-refractivity contribution in [2.45, 2.75) is 25.3 Å². The van der Waals surface area contributed by atoms with Gasteiger partial charge >= 0.3 is 12.1 Å². The molecule has 0 heterocycles. The van der Waals surface area contributed by atoms with Crippen LogP contribution in [0.1, 0.15) is 13.8 Å². The second kappa shape index (κ2) is 9.62. The monoisotopic (exact) mass is 304 g/mol. The molecule has 0 aromatic heterocycles. The zero-order valence-electron chi connectivity index (χ0n) is 10.3. The van der Waals surface area contributed by atoms with E-state index in [1.807, 2.05) is 6.92 Å². The minimum absolute atomic E-state index is 0.00252. The summed E-state index contributed by atoms with van der Waals surface area (Å²) in [6, 6.07) is 0. The number of aliphatic carboxylic acids is 1. The van der Waals surface area contributed by atoms with Gasteiger partial charge in [-0.1, -0.05) is 18.7 Å². The number of hydrogen-bond acceptors (Lipinski definition) is 5. The highest BCUT2D eigenvalue weighted by Gasteiger charge is 2.38. The topological polar surface area (TPSA) is 109 Å². The van der Waals surface area contributed by atoms with Gasteiger partial charge in [0.25, 0.3) is 0 Å². The van der Waals surface area contributed by atoms with Gasteiger partial charge in [-0.25, -0.2) is 4.79 Å². The third-order valence-electron chi connectivity index (χ3n) is 1.38. The highest BCUT2D eigenvalue weighted by Crippen LogP contribution is 2.13. The van der Waals surface area contributed by atoms with Crippen molar-refractivity contribution in [1.29, 1.82) is 0 Å². The fourth-order valence-corrected chi connectivity index (χ4v) is 1.39. The van der Waals surface area contributed by atoms with E-state index in [0.29, 0.717) is 6.54 Å². The molecule has 0 saturated carbocycles. The Bertz CT molecular complexity index is 323. The van der Waals surface area contributed by atoms with Gasteiger partial charge in [-0.2, -0.15) is 13.2 Å². The number of halogens is 3. The number of carbonyl (C=O) groups excluding carboxylic acids is 2. The lowest BCUT2D eigenvalue weighted by Gasteiger charge is -2.08. The molecular weight excluding hydrogens is 289 g/mol. The molecule has 1 unspecified atom stereocenters. The second-order valence-electron chi connectivity index (χ2n) is 3.23. The highest BCUT2D eigenvalue weighted by molar-refractivity contribution is 8.14. The number of carboxylic acids is 1. The fraction of sp³-hybridized carbons (Fsp3) is 0.667. The summed E-state index contributed by atoms with van der Waals surface area (Å²) in [7, 11) is 0. The number of amides is 1. The highest BCUT2D eigenvalue weighted by atomic mass is 32.2. The molecule has 0 aliphatic rings. The standard InChI is InChI=1S/C7H14N2O2S.C2HF3O2/c1-5(12-6(2)10)4-9-7(11)3-8;3-2(4,5)1(6)7/h5H,3-4,8H2,1-2H3,(H,9,11);(H,6,7). The Hall–Kier alpha value is -1.29. The molecule has 112 valence electrons. The molecule has 0 fully saturated rings. The first-order valence-electron chi connectivity index (χ1n) is 4.94. The summed E-state index contributed by atoms with van der Waals surface area (Å²) in [5.74, 6) is -2.95. The second-order valence-corrected chi connectivity index (χ2v) is 4.85. The largest absolute Gasteiger partial charge is 0.490 e. The molecule has 4 N–H and O–H groups in total. The summed E-state index contributed by atoms with van der Waals surface area (Å²) in [6.45, 7) is 3.87. The lowest BCUT2D eigenvalue weighted by molar-refractivity contribution is -0.192. The van der Waals surface area contributed by atoms with E-state index in [-0.39, 0.29) is 22.8 Å².